The SMILES string of the molecule is COc1cccc(N2CC(Cl)CC2=O)c1. The lowest BCUT2D eigenvalue weighted by Crippen LogP contribution is -2.24. The number of ether oxygens (including phenoxy) is 1. The van der Waals surface area contributed by atoms with Crippen LogP contribution in [0.5, 0.6) is 5.75 Å². The Labute approximate surface area is 93.6 Å². The van der Waals surface area contributed by atoms with Crippen molar-refractivity contribution in [1.82, 2.24) is 0 Å². The summed E-state index contributed by atoms with van der Waals surface area (Å²) in [6.45, 7) is 0.577. The third-order valence-corrected chi connectivity index (χ3v) is 2.74. The van der Waals surface area contributed by atoms with Crippen LogP contribution < -0.4 is 9.64 Å². The van der Waals surface area contributed by atoms with E-state index in [-0.39, 0.29) is 11.3 Å². The molecule has 80 valence electrons. The predicted octanol–water partition coefficient (Wildman–Crippen LogP) is 2.04. The molecule has 1 aliphatic heterocycles. The van der Waals surface area contributed by atoms with Crippen molar-refractivity contribution in [3.63, 3.8) is 0 Å². The van der Waals surface area contributed by atoms with Gasteiger partial charge in [-0.2, -0.15) is 0 Å². The van der Waals surface area contributed by atoms with Crippen molar-refractivity contribution in [3.05, 3.63) is 24.3 Å². The van der Waals surface area contributed by atoms with Crippen molar-refractivity contribution in [2.24, 2.45) is 0 Å². The molecule has 3 nitrogen and oxygen atoms in total. The maximum atomic E-state index is 11.6. The van der Waals surface area contributed by atoms with E-state index >= 15 is 0 Å². The van der Waals surface area contributed by atoms with Crippen LogP contribution in [0.2, 0.25) is 0 Å². The summed E-state index contributed by atoms with van der Waals surface area (Å²) in [7, 11) is 1.61. The number of carbonyl (C=O) groups is 1. The molecule has 0 aromatic heterocycles. The second-order valence-electron chi connectivity index (χ2n) is 3.51. The largest absolute Gasteiger partial charge is 0.497 e. The van der Waals surface area contributed by atoms with Crippen molar-refractivity contribution in [1.29, 1.82) is 0 Å². The Morgan fingerprint density at radius 1 is 1.53 bits per heavy atom. The molecule has 15 heavy (non-hydrogen) atoms. The van der Waals surface area contributed by atoms with Gasteiger partial charge in [-0.25, -0.2) is 0 Å². The van der Waals surface area contributed by atoms with Gasteiger partial charge in [0.05, 0.1) is 12.5 Å². The normalized spacial score (nSPS) is 20.8. The molecule has 0 radical (unpaired) electrons. The van der Waals surface area contributed by atoms with Crippen LogP contribution in [0.4, 0.5) is 5.69 Å². The maximum Gasteiger partial charge on any atom is 0.228 e. The average Bonchev–Trinajstić information content (AvgIpc) is 2.58. The molecule has 4 heteroatoms. The number of rotatable bonds is 2. The predicted molar refractivity (Wildman–Crippen MR) is 59.6 cm³/mol. The van der Waals surface area contributed by atoms with E-state index in [0.29, 0.717) is 13.0 Å². The first-order valence-electron chi connectivity index (χ1n) is 4.79. The third kappa shape index (κ3) is 2.07. The fourth-order valence-electron chi connectivity index (χ4n) is 1.69. The first-order valence-corrected chi connectivity index (χ1v) is 5.23. The molecular weight excluding hydrogens is 214 g/mol. The lowest BCUT2D eigenvalue weighted by atomic mass is 10.3. The van der Waals surface area contributed by atoms with Gasteiger partial charge in [0.15, 0.2) is 0 Å². The molecular formula is C11H12ClNO2. The topological polar surface area (TPSA) is 29.5 Å². The highest BCUT2D eigenvalue weighted by atomic mass is 35.5. The van der Waals surface area contributed by atoms with E-state index in [1.54, 1.807) is 12.0 Å². The van der Waals surface area contributed by atoms with Crippen LogP contribution in [0.1, 0.15) is 6.42 Å². The van der Waals surface area contributed by atoms with Crippen LogP contribution in [0.15, 0.2) is 24.3 Å². The first kappa shape index (κ1) is 10.3. The number of hydrogen-bond donors (Lipinski definition) is 0. The van der Waals surface area contributed by atoms with Crippen molar-refractivity contribution in [2.75, 3.05) is 18.6 Å². The monoisotopic (exact) mass is 225 g/mol. The zero-order valence-corrected chi connectivity index (χ0v) is 9.20. The minimum absolute atomic E-state index is 0.0725. The maximum absolute atomic E-state index is 11.6. The van der Waals surface area contributed by atoms with Crippen LogP contribution >= 0.6 is 11.6 Å². The Bertz CT molecular complexity index is 381. The van der Waals surface area contributed by atoms with E-state index in [0.717, 1.165) is 11.4 Å². The summed E-state index contributed by atoms with van der Waals surface area (Å²) in [6.07, 6.45) is 0.415. The van der Waals surface area contributed by atoms with Crippen molar-refractivity contribution in [2.45, 2.75) is 11.8 Å². The highest BCUT2D eigenvalue weighted by Crippen LogP contribution is 2.26. The Kier molecular flexibility index (Phi) is 2.82. The third-order valence-electron chi connectivity index (χ3n) is 2.44. The number of halogens is 1. The van der Waals surface area contributed by atoms with Gasteiger partial charge in [0.25, 0.3) is 0 Å². The lowest BCUT2D eigenvalue weighted by molar-refractivity contribution is -0.117. The molecule has 1 aliphatic rings. The van der Waals surface area contributed by atoms with Gasteiger partial charge in [0, 0.05) is 24.7 Å². The summed E-state index contributed by atoms with van der Waals surface area (Å²) < 4.78 is 5.11. The molecule has 1 saturated heterocycles. The number of alkyl halides is 1. The molecule has 1 amide bonds. The summed E-state index contributed by atoms with van der Waals surface area (Å²) in [5.74, 6) is 0.821. The number of benzene rings is 1. The van der Waals surface area contributed by atoms with Crippen LogP contribution in [-0.2, 0) is 4.79 Å². The van der Waals surface area contributed by atoms with E-state index < -0.39 is 0 Å². The summed E-state index contributed by atoms with van der Waals surface area (Å²) in [5, 5.41) is -0.0799. The van der Waals surface area contributed by atoms with E-state index in [1.807, 2.05) is 24.3 Å². The van der Waals surface area contributed by atoms with Gasteiger partial charge in [-0.15, -0.1) is 11.6 Å². The minimum atomic E-state index is -0.0799. The Morgan fingerprint density at radius 3 is 2.93 bits per heavy atom. The average molecular weight is 226 g/mol. The molecule has 0 aliphatic carbocycles. The molecule has 1 unspecified atom stereocenters. The van der Waals surface area contributed by atoms with Gasteiger partial charge >= 0.3 is 0 Å². The summed E-state index contributed by atoms with van der Waals surface area (Å²) in [6, 6.07) is 7.44. The van der Waals surface area contributed by atoms with Gasteiger partial charge in [0.1, 0.15) is 5.75 Å². The van der Waals surface area contributed by atoms with Gasteiger partial charge in [-0.05, 0) is 12.1 Å². The van der Waals surface area contributed by atoms with E-state index in [4.69, 9.17) is 16.3 Å². The Balaban J connectivity index is 2.25. The van der Waals surface area contributed by atoms with Crippen LogP contribution in [0, 0.1) is 0 Å². The molecule has 1 heterocycles. The van der Waals surface area contributed by atoms with Crippen LogP contribution in [0.3, 0.4) is 0 Å². The number of methoxy groups -OCH3 is 1. The molecule has 2 rings (SSSR count). The zero-order valence-electron chi connectivity index (χ0n) is 8.44. The van der Waals surface area contributed by atoms with E-state index in [1.165, 1.54) is 0 Å². The highest BCUT2D eigenvalue weighted by Gasteiger charge is 2.29. The lowest BCUT2D eigenvalue weighted by Gasteiger charge is -2.16. The molecule has 0 bridgehead atoms. The zero-order chi connectivity index (χ0) is 10.8. The minimum Gasteiger partial charge on any atom is -0.497 e. The summed E-state index contributed by atoms with van der Waals surface area (Å²) in [5.41, 5.74) is 0.850. The van der Waals surface area contributed by atoms with Gasteiger partial charge < -0.3 is 9.64 Å². The fourth-order valence-corrected chi connectivity index (χ4v) is 1.96. The Hall–Kier alpha value is -1.22. The number of nitrogens with zero attached hydrogens (tertiary/aromatic N) is 1. The number of amides is 1. The van der Waals surface area contributed by atoms with Crippen molar-refractivity contribution in [3.8, 4) is 5.75 Å². The molecule has 0 N–H and O–H groups in total. The molecule has 1 aromatic rings. The first-order chi connectivity index (χ1) is 7.20. The molecule has 0 saturated carbocycles. The summed E-state index contributed by atoms with van der Waals surface area (Å²) in [4.78, 5) is 13.3. The second kappa shape index (κ2) is 4.11. The summed E-state index contributed by atoms with van der Waals surface area (Å²) >= 11 is 5.93. The van der Waals surface area contributed by atoms with Crippen LogP contribution in [0.25, 0.3) is 0 Å². The number of carbonyl (C=O) groups excluding carboxylic acids is 1. The Morgan fingerprint density at radius 2 is 2.33 bits per heavy atom. The number of anilines is 1. The van der Waals surface area contributed by atoms with E-state index in [2.05, 4.69) is 0 Å². The second-order valence-corrected chi connectivity index (χ2v) is 4.12. The van der Waals surface area contributed by atoms with Crippen molar-refractivity contribution < 1.29 is 9.53 Å². The molecule has 1 aromatic carbocycles. The van der Waals surface area contributed by atoms with Crippen molar-refractivity contribution >= 4 is 23.2 Å². The van der Waals surface area contributed by atoms with Gasteiger partial charge in [0.2, 0.25) is 5.91 Å². The van der Waals surface area contributed by atoms with Gasteiger partial charge in [-0.1, -0.05) is 6.07 Å². The molecule has 0 spiro atoms. The van der Waals surface area contributed by atoms with Crippen LogP contribution in [-0.4, -0.2) is 24.9 Å². The van der Waals surface area contributed by atoms with E-state index in [9.17, 15) is 4.79 Å². The highest BCUT2D eigenvalue weighted by molar-refractivity contribution is 6.24. The standard InChI is InChI=1S/C11H12ClNO2/c1-15-10-4-2-3-9(6-10)13-7-8(12)5-11(13)14/h2-4,6,8H,5,7H2,1H3. The number of hydrogen-bond acceptors (Lipinski definition) is 2. The molecule has 1 atom stereocenters. The molecule has 1 fully saturated rings. The van der Waals surface area contributed by atoms with Gasteiger partial charge in [-0.3, -0.25) is 4.79 Å². The smallest absolute Gasteiger partial charge is 0.228 e. The fraction of sp³-hybridized carbons (Fsp3) is 0.364. The quantitative estimate of drug-likeness (QED) is 0.721.